The Bertz CT molecular complexity index is 391. The first kappa shape index (κ1) is 12.3. The summed E-state index contributed by atoms with van der Waals surface area (Å²) in [4.78, 5) is 12.3. The molecular weight excluding hydrogens is 214 g/mol. The Morgan fingerprint density at radius 2 is 2.47 bits per heavy atom. The number of ketones is 1. The molecule has 0 aromatic carbocycles. The van der Waals surface area contributed by atoms with Gasteiger partial charge in [0.1, 0.15) is 0 Å². The van der Waals surface area contributed by atoms with Crippen LogP contribution >= 0.6 is 0 Å². The smallest absolute Gasteiger partial charge is 0.153 e. The van der Waals surface area contributed by atoms with Crippen LogP contribution in [-0.2, 0) is 18.3 Å². The van der Waals surface area contributed by atoms with Gasteiger partial charge in [-0.1, -0.05) is 6.92 Å². The van der Waals surface area contributed by atoms with Crippen molar-refractivity contribution < 1.29 is 4.79 Å². The number of Topliss-reactive ketones (excluding diaryl/α,β-unsaturated/α-hetero) is 1. The fraction of sp³-hybridized carbons (Fsp3) is 0.692. The molecule has 1 unspecified atom stereocenters. The average molecular weight is 235 g/mol. The molecule has 17 heavy (non-hydrogen) atoms. The number of hydrogen-bond acceptors (Lipinski definition) is 3. The third-order valence-corrected chi connectivity index (χ3v) is 3.91. The van der Waals surface area contributed by atoms with E-state index in [4.69, 9.17) is 0 Å². The van der Waals surface area contributed by atoms with E-state index >= 15 is 0 Å². The number of aromatic nitrogens is 2. The van der Waals surface area contributed by atoms with Crippen molar-refractivity contribution >= 4 is 5.78 Å². The van der Waals surface area contributed by atoms with E-state index in [1.165, 1.54) is 0 Å². The molecule has 2 rings (SSSR count). The molecule has 2 heterocycles. The number of hydrogen-bond donors (Lipinski definition) is 1. The van der Waals surface area contributed by atoms with Gasteiger partial charge in [0.05, 0.1) is 5.54 Å². The quantitative estimate of drug-likeness (QED) is 0.840. The fourth-order valence-corrected chi connectivity index (χ4v) is 2.67. The molecule has 0 spiro atoms. The second-order valence-corrected chi connectivity index (χ2v) is 4.84. The molecule has 0 saturated carbocycles. The van der Waals surface area contributed by atoms with E-state index in [9.17, 15) is 4.79 Å². The van der Waals surface area contributed by atoms with Crippen molar-refractivity contribution in [2.45, 2.75) is 44.6 Å². The van der Waals surface area contributed by atoms with Gasteiger partial charge in [0, 0.05) is 25.4 Å². The Kier molecular flexibility index (Phi) is 3.62. The third-order valence-electron chi connectivity index (χ3n) is 3.91. The Hall–Kier alpha value is -1.16. The number of carbonyl (C=O) groups is 1. The molecule has 1 aliphatic heterocycles. The second kappa shape index (κ2) is 5.00. The van der Waals surface area contributed by atoms with Gasteiger partial charge in [0.15, 0.2) is 5.78 Å². The van der Waals surface area contributed by atoms with Gasteiger partial charge in [0.2, 0.25) is 0 Å². The summed E-state index contributed by atoms with van der Waals surface area (Å²) in [5.41, 5.74) is 0.890. The fourth-order valence-electron chi connectivity index (χ4n) is 2.67. The predicted molar refractivity (Wildman–Crippen MR) is 66.8 cm³/mol. The lowest BCUT2D eigenvalue weighted by molar-refractivity contribution is -0.125. The van der Waals surface area contributed by atoms with Crippen molar-refractivity contribution in [2.24, 2.45) is 7.05 Å². The van der Waals surface area contributed by atoms with E-state index in [-0.39, 0.29) is 5.54 Å². The molecule has 0 amide bonds. The zero-order valence-electron chi connectivity index (χ0n) is 10.7. The van der Waals surface area contributed by atoms with Crippen molar-refractivity contribution in [3.63, 3.8) is 0 Å². The predicted octanol–water partition coefficient (Wildman–Crippen LogP) is 1.45. The minimum absolute atomic E-state index is 0.238. The van der Waals surface area contributed by atoms with Crippen molar-refractivity contribution in [3.8, 4) is 0 Å². The van der Waals surface area contributed by atoms with Crippen molar-refractivity contribution in [2.75, 3.05) is 6.54 Å². The summed E-state index contributed by atoms with van der Waals surface area (Å²) in [6, 6.07) is 1.98. The molecule has 1 N–H and O–H groups in total. The molecule has 4 heteroatoms. The molecule has 0 aliphatic carbocycles. The van der Waals surface area contributed by atoms with Crippen molar-refractivity contribution in [1.82, 2.24) is 15.1 Å². The van der Waals surface area contributed by atoms with Crippen LogP contribution in [-0.4, -0.2) is 27.6 Å². The zero-order chi connectivity index (χ0) is 12.3. The van der Waals surface area contributed by atoms with Crippen molar-refractivity contribution in [3.05, 3.63) is 18.0 Å². The van der Waals surface area contributed by atoms with Gasteiger partial charge in [-0.15, -0.1) is 0 Å². The highest BCUT2D eigenvalue weighted by Crippen LogP contribution is 2.25. The number of carbonyl (C=O) groups excluding carboxylic acids is 1. The number of aryl methyl sites for hydroxylation is 2. The largest absolute Gasteiger partial charge is 0.305 e. The minimum atomic E-state index is -0.238. The number of rotatable bonds is 5. The molecule has 1 aliphatic rings. The average Bonchev–Trinajstić information content (AvgIpc) is 2.95. The van der Waals surface area contributed by atoms with E-state index in [1.54, 1.807) is 6.20 Å². The summed E-state index contributed by atoms with van der Waals surface area (Å²) in [5, 5.41) is 7.51. The Balaban J connectivity index is 1.95. The summed E-state index contributed by atoms with van der Waals surface area (Å²) >= 11 is 0. The summed E-state index contributed by atoms with van der Waals surface area (Å²) in [5.74, 6) is 0.360. The summed E-state index contributed by atoms with van der Waals surface area (Å²) in [6.07, 6.45) is 6.19. The lowest BCUT2D eigenvalue weighted by Gasteiger charge is -2.26. The van der Waals surface area contributed by atoms with Crippen LogP contribution in [0.3, 0.4) is 0 Å². The molecule has 1 atom stereocenters. The minimum Gasteiger partial charge on any atom is -0.305 e. The maximum Gasteiger partial charge on any atom is 0.153 e. The monoisotopic (exact) mass is 235 g/mol. The Morgan fingerprint density at radius 1 is 1.65 bits per heavy atom. The summed E-state index contributed by atoms with van der Waals surface area (Å²) in [7, 11) is 1.92. The zero-order valence-corrected chi connectivity index (χ0v) is 10.7. The lowest BCUT2D eigenvalue weighted by Crippen LogP contribution is -2.47. The molecule has 4 nitrogen and oxygen atoms in total. The molecule has 1 aromatic rings. The molecule has 1 fully saturated rings. The maximum absolute atomic E-state index is 12.3. The van der Waals surface area contributed by atoms with Crippen LogP contribution < -0.4 is 5.32 Å². The first-order valence-corrected chi connectivity index (χ1v) is 6.43. The van der Waals surface area contributed by atoms with Gasteiger partial charge in [0.25, 0.3) is 0 Å². The van der Waals surface area contributed by atoms with Crippen LogP contribution in [0.5, 0.6) is 0 Å². The van der Waals surface area contributed by atoms with E-state index in [1.807, 2.05) is 17.8 Å². The second-order valence-electron chi connectivity index (χ2n) is 4.84. The molecule has 1 aromatic heterocycles. The summed E-state index contributed by atoms with van der Waals surface area (Å²) in [6.45, 7) is 3.07. The normalized spacial score (nSPS) is 24.1. The van der Waals surface area contributed by atoms with E-state index in [2.05, 4.69) is 17.3 Å². The molecular formula is C13H21N3O. The Morgan fingerprint density at radius 3 is 3.00 bits per heavy atom. The van der Waals surface area contributed by atoms with Crippen LogP contribution in [0.1, 0.15) is 38.3 Å². The number of nitrogens with zero attached hydrogens (tertiary/aromatic N) is 2. The molecule has 94 valence electrons. The highest BCUT2D eigenvalue weighted by molar-refractivity contribution is 5.88. The summed E-state index contributed by atoms with van der Waals surface area (Å²) < 4.78 is 1.84. The highest BCUT2D eigenvalue weighted by Gasteiger charge is 2.38. The Labute approximate surface area is 102 Å². The van der Waals surface area contributed by atoms with Gasteiger partial charge < -0.3 is 5.32 Å². The van der Waals surface area contributed by atoms with E-state index in [0.717, 1.165) is 37.9 Å². The van der Waals surface area contributed by atoms with Gasteiger partial charge in [-0.25, -0.2) is 0 Å². The van der Waals surface area contributed by atoms with Crippen LogP contribution in [0, 0.1) is 0 Å². The van der Waals surface area contributed by atoms with Crippen molar-refractivity contribution in [1.29, 1.82) is 0 Å². The van der Waals surface area contributed by atoms with Gasteiger partial charge in [-0.05, 0) is 38.3 Å². The molecule has 0 bridgehead atoms. The highest BCUT2D eigenvalue weighted by atomic mass is 16.1. The van der Waals surface area contributed by atoms with Crippen LogP contribution in [0.2, 0.25) is 0 Å². The van der Waals surface area contributed by atoms with E-state index in [0.29, 0.717) is 12.2 Å². The van der Waals surface area contributed by atoms with Crippen LogP contribution in [0.15, 0.2) is 12.3 Å². The SMILES string of the molecule is CCC1(C(=O)CCc2ccnn2C)CCCN1. The molecule has 0 radical (unpaired) electrons. The lowest BCUT2D eigenvalue weighted by atomic mass is 9.86. The van der Waals surface area contributed by atoms with Crippen LogP contribution in [0.4, 0.5) is 0 Å². The van der Waals surface area contributed by atoms with Gasteiger partial charge >= 0.3 is 0 Å². The topological polar surface area (TPSA) is 46.9 Å². The third kappa shape index (κ3) is 2.41. The van der Waals surface area contributed by atoms with Gasteiger partial charge in [-0.2, -0.15) is 5.10 Å². The molecule has 1 saturated heterocycles. The van der Waals surface area contributed by atoms with E-state index < -0.39 is 0 Å². The maximum atomic E-state index is 12.3. The first-order chi connectivity index (χ1) is 8.18. The standard InChI is InChI=1S/C13H21N3O/c1-3-13(8-4-9-14-13)12(17)6-5-11-7-10-15-16(11)2/h7,10,14H,3-6,8-9H2,1-2H3. The van der Waals surface area contributed by atoms with Crippen LogP contribution in [0.25, 0.3) is 0 Å². The number of nitrogens with one attached hydrogen (secondary N) is 1. The first-order valence-electron chi connectivity index (χ1n) is 6.43. The van der Waals surface area contributed by atoms with Gasteiger partial charge in [-0.3, -0.25) is 9.48 Å².